The molecule has 1 amide bonds. The number of ether oxygens (including phenoxy) is 1. The summed E-state index contributed by atoms with van der Waals surface area (Å²) in [6, 6.07) is 11.0. The average molecular weight is 373 g/mol. The predicted octanol–water partition coefficient (Wildman–Crippen LogP) is 3.04. The van der Waals surface area contributed by atoms with Crippen molar-refractivity contribution in [2.45, 2.75) is 19.4 Å². The van der Waals surface area contributed by atoms with E-state index >= 15 is 0 Å². The van der Waals surface area contributed by atoms with E-state index in [1.807, 2.05) is 0 Å². The summed E-state index contributed by atoms with van der Waals surface area (Å²) in [5.74, 6) is 0.133. The molecule has 0 saturated carbocycles. The third kappa shape index (κ3) is 3.39. The summed E-state index contributed by atoms with van der Waals surface area (Å²) in [5.41, 5.74) is 0.636. The van der Waals surface area contributed by atoms with Gasteiger partial charge in [-0.2, -0.15) is 4.68 Å². The smallest absolute Gasteiger partial charge is 0.278 e. The average Bonchev–Trinajstić information content (AvgIpc) is 2.64. The molecule has 3 aromatic rings. The Kier molecular flexibility index (Phi) is 5.18. The fraction of sp³-hybridized carbons (Fsp3) is 0.222. The molecule has 0 fully saturated rings. The van der Waals surface area contributed by atoms with E-state index < -0.39 is 6.04 Å². The third-order valence-electron chi connectivity index (χ3n) is 4.00. The van der Waals surface area contributed by atoms with Gasteiger partial charge < -0.3 is 10.1 Å². The van der Waals surface area contributed by atoms with Crippen LogP contribution in [0.4, 0.5) is 5.69 Å². The maximum absolute atomic E-state index is 12.7. The summed E-state index contributed by atoms with van der Waals surface area (Å²) >= 11 is 6.08. The van der Waals surface area contributed by atoms with Crippen LogP contribution in [0.3, 0.4) is 0 Å². The number of nitrogens with one attached hydrogen (secondary N) is 1. The predicted molar refractivity (Wildman–Crippen MR) is 99.8 cm³/mol. The fourth-order valence-electron chi connectivity index (χ4n) is 2.65. The number of amides is 1. The lowest BCUT2D eigenvalue weighted by Gasteiger charge is -2.16. The topological polar surface area (TPSA) is 86.1 Å². The highest BCUT2D eigenvalue weighted by molar-refractivity contribution is 6.32. The molecule has 1 heterocycles. The summed E-state index contributed by atoms with van der Waals surface area (Å²) in [7, 11) is 1.51. The van der Waals surface area contributed by atoms with Gasteiger partial charge in [0.2, 0.25) is 5.91 Å². The van der Waals surface area contributed by atoms with Gasteiger partial charge in [0.25, 0.3) is 5.56 Å². The molecule has 1 aromatic heterocycles. The van der Waals surface area contributed by atoms with Crippen LogP contribution in [0.15, 0.2) is 47.3 Å². The Hall–Kier alpha value is -2.93. The molecule has 0 bridgehead atoms. The number of anilines is 1. The number of carbonyl (C=O) groups is 1. The van der Waals surface area contributed by atoms with E-state index in [2.05, 4.69) is 15.6 Å². The standard InChI is InChI=1S/C18H17ClN4O3/c1-3-15(17(24)20-11-8-9-16(26-2)13(19)10-11)23-18(25)12-6-4-5-7-14(12)21-22-23/h4-10,15H,3H2,1-2H3,(H,20,24)/t15-/m1/s1. The van der Waals surface area contributed by atoms with Crippen LogP contribution in [0.2, 0.25) is 5.02 Å². The molecule has 0 unspecified atom stereocenters. The lowest BCUT2D eigenvalue weighted by molar-refractivity contribution is -0.119. The molecule has 1 atom stereocenters. The summed E-state index contributed by atoms with van der Waals surface area (Å²) in [4.78, 5) is 25.4. The molecular formula is C18H17ClN4O3. The van der Waals surface area contributed by atoms with E-state index in [0.29, 0.717) is 33.8 Å². The van der Waals surface area contributed by atoms with Gasteiger partial charge in [-0.3, -0.25) is 9.59 Å². The molecule has 0 aliphatic rings. The van der Waals surface area contributed by atoms with E-state index in [0.717, 1.165) is 4.68 Å². The van der Waals surface area contributed by atoms with Crippen molar-refractivity contribution in [3.63, 3.8) is 0 Å². The van der Waals surface area contributed by atoms with Crippen molar-refractivity contribution in [1.29, 1.82) is 0 Å². The number of benzene rings is 2. The van der Waals surface area contributed by atoms with Crippen molar-refractivity contribution in [2.24, 2.45) is 0 Å². The van der Waals surface area contributed by atoms with Crippen molar-refractivity contribution < 1.29 is 9.53 Å². The second kappa shape index (κ2) is 7.53. The molecule has 0 aliphatic heterocycles. The van der Waals surface area contributed by atoms with Gasteiger partial charge in [-0.05, 0) is 36.8 Å². The van der Waals surface area contributed by atoms with Crippen molar-refractivity contribution >= 4 is 34.1 Å². The summed E-state index contributed by atoms with van der Waals surface area (Å²) < 4.78 is 6.21. The Morgan fingerprint density at radius 3 is 2.77 bits per heavy atom. The molecule has 8 heteroatoms. The lowest BCUT2D eigenvalue weighted by Crippen LogP contribution is -2.35. The van der Waals surface area contributed by atoms with Gasteiger partial charge in [0.05, 0.1) is 17.5 Å². The number of hydrogen-bond acceptors (Lipinski definition) is 5. The monoisotopic (exact) mass is 372 g/mol. The van der Waals surface area contributed by atoms with E-state index in [-0.39, 0.29) is 11.5 Å². The van der Waals surface area contributed by atoms with Crippen molar-refractivity contribution in [1.82, 2.24) is 15.0 Å². The normalized spacial score (nSPS) is 12.0. The second-order valence-electron chi connectivity index (χ2n) is 5.62. The molecule has 3 rings (SSSR count). The Labute approximate surface area is 154 Å². The summed E-state index contributed by atoms with van der Waals surface area (Å²) in [6.07, 6.45) is 0.378. The van der Waals surface area contributed by atoms with Crippen LogP contribution >= 0.6 is 11.6 Å². The highest BCUT2D eigenvalue weighted by atomic mass is 35.5. The highest BCUT2D eigenvalue weighted by Gasteiger charge is 2.22. The number of nitrogens with zero attached hydrogens (tertiary/aromatic N) is 3. The number of halogens is 1. The Bertz CT molecular complexity index is 1020. The molecule has 0 aliphatic carbocycles. The minimum Gasteiger partial charge on any atom is -0.495 e. The molecule has 7 nitrogen and oxygen atoms in total. The zero-order valence-corrected chi connectivity index (χ0v) is 15.0. The Balaban J connectivity index is 1.91. The minimum absolute atomic E-state index is 0.356. The molecule has 2 aromatic carbocycles. The van der Waals surface area contributed by atoms with E-state index in [1.165, 1.54) is 7.11 Å². The fourth-order valence-corrected chi connectivity index (χ4v) is 2.90. The molecule has 0 spiro atoms. The first-order chi connectivity index (χ1) is 12.5. The second-order valence-corrected chi connectivity index (χ2v) is 6.03. The van der Waals surface area contributed by atoms with Crippen LogP contribution in [0, 0.1) is 0 Å². The number of rotatable bonds is 5. The molecular weight excluding hydrogens is 356 g/mol. The van der Waals surface area contributed by atoms with Crippen LogP contribution in [0.25, 0.3) is 10.9 Å². The number of aromatic nitrogens is 3. The first kappa shape index (κ1) is 17.9. The van der Waals surface area contributed by atoms with Gasteiger partial charge in [0, 0.05) is 5.69 Å². The summed E-state index contributed by atoms with van der Waals surface area (Å²) in [6.45, 7) is 1.80. The van der Waals surface area contributed by atoms with Crippen LogP contribution < -0.4 is 15.6 Å². The van der Waals surface area contributed by atoms with Gasteiger partial charge in [-0.15, -0.1) is 5.10 Å². The Morgan fingerprint density at radius 1 is 1.31 bits per heavy atom. The first-order valence-corrected chi connectivity index (χ1v) is 8.41. The molecule has 26 heavy (non-hydrogen) atoms. The number of fused-ring (bicyclic) bond motifs is 1. The largest absolute Gasteiger partial charge is 0.495 e. The highest BCUT2D eigenvalue weighted by Crippen LogP contribution is 2.27. The zero-order valence-electron chi connectivity index (χ0n) is 14.3. The molecule has 134 valence electrons. The van der Waals surface area contributed by atoms with E-state index in [9.17, 15) is 9.59 Å². The van der Waals surface area contributed by atoms with Crippen molar-refractivity contribution in [3.8, 4) is 5.75 Å². The van der Waals surface area contributed by atoms with Crippen LogP contribution in [0.1, 0.15) is 19.4 Å². The third-order valence-corrected chi connectivity index (χ3v) is 4.29. The number of carbonyl (C=O) groups excluding carboxylic acids is 1. The molecule has 1 N–H and O–H groups in total. The maximum Gasteiger partial charge on any atom is 0.278 e. The van der Waals surface area contributed by atoms with Crippen LogP contribution in [0.5, 0.6) is 5.75 Å². The minimum atomic E-state index is -0.791. The van der Waals surface area contributed by atoms with Gasteiger partial charge in [0.1, 0.15) is 17.3 Å². The number of hydrogen-bond donors (Lipinski definition) is 1. The van der Waals surface area contributed by atoms with Gasteiger partial charge in [-0.1, -0.05) is 35.9 Å². The van der Waals surface area contributed by atoms with Crippen LogP contribution in [-0.2, 0) is 4.79 Å². The van der Waals surface area contributed by atoms with E-state index in [1.54, 1.807) is 49.4 Å². The summed E-state index contributed by atoms with van der Waals surface area (Å²) in [5, 5.41) is 11.5. The lowest BCUT2D eigenvalue weighted by atomic mass is 10.2. The Morgan fingerprint density at radius 2 is 2.08 bits per heavy atom. The first-order valence-electron chi connectivity index (χ1n) is 8.03. The maximum atomic E-state index is 12.7. The molecule has 0 radical (unpaired) electrons. The van der Waals surface area contributed by atoms with Gasteiger partial charge in [-0.25, -0.2) is 0 Å². The number of methoxy groups -OCH3 is 1. The van der Waals surface area contributed by atoms with E-state index in [4.69, 9.17) is 16.3 Å². The van der Waals surface area contributed by atoms with Crippen LogP contribution in [-0.4, -0.2) is 28.0 Å². The zero-order chi connectivity index (χ0) is 18.7. The van der Waals surface area contributed by atoms with Gasteiger partial charge in [0.15, 0.2) is 0 Å². The SMILES string of the molecule is CC[C@H](C(=O)Nc1ccc(OC)c(Cl)c1)n1nnc2ccccc2c1=O. The quantitative estimate of drug-likeness (QED) is 0.743. The molecule has 0 saturated heterocycles. The van der Waals surface area contributed by atoms with Crippen molar-refractivity contribution in [3.05, 3.63) is 57.8 Å². The van der Waals surface area contributed by atoms with Gasteiger partial charge >= 0.3 is 0 Å². The van der Waals surface area contributed by atoms with Crippen molar-refractivity contribution in [2.75, 3.05) is 12.4 Å².